The summed E-state index contributed by atoms with van der Waals surface area (Å²) in [5.74, 6) is -0.892. The van der Waals surface area contributed by atoms with Gasteiger partial charge < -0.3 is 0 Å². The number of allylic oxidation sites excluding steroid dienone is 2. The maximum absolute atomic E-state index is 13.3. The van der Waals surface area contributed by atoms with Crippen LogP contribution in [0.1, 0.15) is 26.3 Å². The van der Waals surface area contributed by atoms with Gasteiger partial charge in [0.25, 0.3) is 5.24 Å². The Labute approximate surface area is 155 Å². The van der Waals surface area contributed by atoms with Gasteiger partial charge in [-0.05, 0) is 53.6 Å². The minimum absolute atomic E-state index is 0.00933. The third-order valence-electron chi connectivity index (χ3n) is 3.15. The number of alkyl halides is 3. The van der Waals surface area contributed by atoms with Crippen LogP contribution in [-0.2, 0) is 0 Å². The number of hydrogen-bond donors (Lipinski definition) is 0. The molecule has 0 aliphatic rings. The van der Waals surface area contributed by atoms with Crippen LogP contribution >= 0.6 is 34.8 Å². The quantitative estimate of drug-likeness (QED) is 0.343. The van der Waals surface area contributed by atoms with Crippen LogP contribution in [0.4, 0.5) is 13.2 Å². The van der Waals surface area contributed by atoms with Gasteiger partial charge in [0.15, 0.2) is 5.78 Å². The van der Waals surface area contributed by atoms with Crippen LogP contribution in [0.25, 0.3) is 5.57 Å². The van der Waals surface area contributed by atoms with Crippen LogP contribution in [0.3, 0.4) is 0 Å². The van der Waals surface area contributed by atoms with Crippen LogP contribution in [-0.4, -0.2) is 17.2 Å². The predicted molar refractivity (Wildman–Crippen MR) is 91.5 cm³/mol. The molecular weight excluding hydrogens is 400 g/mol. The molecule has 0 N–H and O–H groups in total. The van der Waals surface area contributed by atoms with Gasteiger partial charge in [0, 0.05) is 21.2 Å². The molecule has 0 bridgehead atoms. The van der Waals surface area contributed by atoms with Gasteiger partial charge in [-0.3, -0.25) is 9.59 Å². The van der Waals surface area contributed by atoms with E-state index in [1.54, 1.807) is 0 Å². The molecule has 0 saturated carbocycles. The predicted octanol–water partition coefficient (Wildman–Crippen LogP) is 6.20. The Morgan fingerprint density at radius 1 is 0.840 bits per heavy atom. The van der Waals surface area contributed by atoms with Crippen molar-refractivity contribution in [3.05, 3.63) is 75.3 Å². The average Bonchev–Trinajstić information content (AvgIpc) is 2.50. The van der Waals surface area contributed by atoms with Crippen molar-refractivity contribution in [3.63, 3.8) is 0 Å². The largest absolute Gasteiger partial charge is 0.417 e. The van der Waals surface area contributed by atoms with Gasteiger partial charge in [-0.15, -0.1) is 0 Å². The van der Waals surface area contributed by atoms with E-state index in [4.69, 9.17) is 34.8 Å². The van der Waals surface area contributed by atoms with Gasteiger partial charge >= 0.3 is 6.18 Å². The van der Waals surface area contributed by atoms with E-state index in [2.05, 4.69) is 0 Å². The maximum Gasteiger partial charge on any atom is 0.417 e. The summed E-state index contributed by atoms with van der Waals surface area (Å²) in [5, 5.41) is -0.718. The van der Waals surface area contributed by atoms with Crippen LogP contribution in [0.2, 0.25) is 10.0 Å². The Bertz CT molecular complexity index is 836. The first-order valence-electron chi connectivity index (χ1n) is 6.67. The van der Waals surface area contributed by atoms with Crippen LogP contribution in [0, 0.1) is 0 Å². The smallest absolute Gasteiger partial charge is 0.289 e. The molecule has 0 amide bonds. The lowest BCUT2D eigenvalue weighted by molar-refractivity contribution is -0.0689. The fraction of sp³-hybridized carbons (Fsp3) is 0.0588. The summed E-state index contributed by atoms with van der Waals surface area (Å²) in [5.41, 5.74) is -1.42. The molecule has 130 valence electrons. The molecule has 0 unspecified atom stereocenters. The lowest BCUT2D eigenvalue weighted by Crippen LogP contribution is -2.13. The third-order valence-corrected chi connectivity index (χ3v) is 3.81. The maximum atomic E-state index is 13.3. The van der Waals surface area contributed by atoms with Gasteiger partial charge in [-0.25, -0.2) is 0 Å². The lowest BCUT2D eigenvalue weighted by atomic mass is 10.0. The fourth-order valence-corrected chi connectivity index (χ4v) is 2.67. The average molecular weight is 408 g/mol. The van der Waals surface area contributed by atoms with Crippen molar-refractivity contribution >= 4 is 51.4 Å². The summed E-state index contributed by atoms with van der Waals surface area (Å²) < 4.78 is 40.0. The first kappa shape index (κ1) is 19.5. The van der Waals surface area contributed by atoms with Gasteiger partial charge in [0.05, 0.1) is 5.57 Å². The molecule has 2 aromatic rings. The Balaban J connectivity index is 2.47. The second kappa shape index (κ2) is 7.60. The first-order chi connectivity index (χ1) is 11.6. The molecule has 0 fully saturated rings. The second-order valence-corrected chi connectivity index (χ2v) is 6.15. The van der Waals surface area contributed by atoms with Crippen LogP contribution in [0.5, 0.6) is 0 Å². The molecule has 0 atom stereocenters. The molecule has 0 saturated heterocycles. The standard InChI is InChI=1S/C17H8Cl3F3O2/c18-12-5-11(6-13(19)7-12)14(17(21,22)23)8-15(24)9-1-3-10(4-2-9)16(20)25/h1-8H/b14-8-. The highest BCUT2D eigenvalue weighted by atomic mass is 35.5. The minimum Gasteiger partial charge on any atom is -0.289 e. The molecular formula is C17H8Cl3F3O2. The van der Waals surface area contributed by atoms with E-state index in [0.717, 1.165) is 12.1 Å². The summed E-state index contributed by atoms with van der Waals surface area (Å²) >= 11 is 16.8. The number of hydrogen-bond acceptors (Lipinski definition) is 2. The zero-order chi connectivity index (χ0) is 18.8. The third kappa shape index (κ3) is 5.08. The second-order valence-electron chi connectivity index (χ2n) is 4.93. The Morgan fingerprint density at radius 2 is 1.32 bits per heavy atom. The van der Waals surface area contributed by atoms with Crippen molar-refractivity contribution in [1.29, 1.82) is 0 Å². The highest BCUT2D eigenvalue weighted by molar-refractivity contribution is 6.67. The molecule has 0 heterocycles. The lowest BCUT2D eigenvalue weighted by Gasteiger charge is -2.13. The topological polar surface area (TPSA) is 34.1 Å². The molecule has 0 spiro atoms. The van der Waals surface area contributed by atoms with Crippen molar-refractivity contribution in [2.45, 2.75) is 6.18 Å². The number of halogens is 6. The monoisotopic (exact) mass is 406 g/mol. The molecule has 0 radical (unpaired) electrons. The summed E-state index contributed by atoms with van der Waals surface area (Å²) in [6.45, 7) is 0. The van der Waals surface area contributed by atoms with Crippen molar-refractivity contribution in [3.8, 4) is 0 Å². The summed E-state index contributed by atoms with van der Waals surface area (Å²) in [6.07, 6.45) is -4.34. The van der Waals surface area contributed by atoms with E-state index >= 15 is 0 Å². The fourth-order valence-electron chi connectivity index (χ4n) is 2.02. The SMILES string of the molecule is O=C(Cl)c1ccc(C(=O)/C=C(/c2cc(Cl)cc(Cl)c2)C(F)(F)F)cc1. The van der Waals surface area contributed by atoms with E-state index in [1.807, 2.05) is 0 Å². The summed E-state index contributed by atoms with van der Waals surface area (Å²) in [6, 6.07) is 8.34. The van der Waals surface area contributed by atoms with E-state index in [-0.39, 0.29) is 26.7 Å². The van der Waals surface area contributed by atoms with Crippen molar-refractivity contribution in [1.82, 2.24) is 0 Å². The zero-order valence-electron chi connectivity index (χ0n) is 12.2. The van der Waals surface area contributed by atoms with Gasteiger partial charge in [-0.2, -0.15) is 13.2 Å². The molecule has 25 heavy (non-hydrogen) atoms. The Hall–Kier alpha value is -1.82. The number of carbonyl (C=O) groups is 2. The summed E-state index contributed by atoms with van der Waals surface area (Å²) in [4.78, 5) is 23.1. The molecule has 2 rings (SSSR count). The van der Waals surface area contributed by atoms with E-state index < -0.39 is 22.8 Å². The highest BCUT2D eigenvalue weighted by Crippen LogP contribution is 2.36. The first-order valence-corrected chi connectivity index (χ1v) is 7.81. The normalized spacial score (nSPS) is 12.2. The van der Waals surface area contributed by atoms with Crippen molar-refractivity contribution in [2.75, 3.05) is 0 Å². The van der Waals surface area contributed by atoms with Crippen molar-refractivity contribution in [2.24, 2.45) is 0 Å². The molecule has 0 aliphatic heterocycles. The molecule has 8 heteroatoms. The number of carbonyl (C=O) groups excluding carboxylic acids is 2. The van der Waals surface area contributed by atoms with Gasteiger partial charge in [0.2, 0.25) is 0 Å². The minimum atomic E-state index is -4.80. The van der Waals surface area contributed by atoms with Crippen LogP contribution in [0.15, 0.2) is 48.5 Å². The Kier molecular flexibility index (Phi) is 5.93. The van der Waals surface area contributed by atoms with E-state index in [1.165, 1.54) is 30.3 Å². The van der Waals surface area contributed by atoms with Gasteiger partial charge in [0.1, 0.15) is 0 Å². The highest BCUT2D eigenvalue weighted by Gasteiger charge is 2.35. The van der Waals surface area contributed by atoms with E-state index in [0.29, 0.717) is 6.08 Å². The Morgan fingerprint density at radius 3 is 1.76 bits per heavy atom. The number of rotatable bonds is 4. The zero-order valence-corrected chi connectivity index (χ0v) is 14.5. The number of ketones is 1. The molecule has 2 nitrogen and oxygen atoms in total. The number of benzene rings is 2. The van der Waals surface area contributed by atoms with Gasteiger partial charge in [-0.1, -0.05) is 35.3 Å². The van der Waals surface area contributed by atoms with Crippen molar-refractivity contribution < 1.29 is 22.8 Å². The summed E-state index contributed by atoms with van der Waals surface area (Å²) in [7, 11) is 0. The van der Waals surface area contributed by atoms with Crippen LogP contribution < -0.4 is 0 Å². The van der Waals surface area contributed by atoms with E-state index in [9.17, 15) is 22.8 Å². The molecule has 0 aliphatic carbocycles. The molecule has 0 aromatic heterocycles. The molecule has 2 aromatic carbocycles.